The van der Waals surface area contributed by atoms with Crippen molar-refractivity contribution in [3.05, 3.63) is 87.0 Å². The minimum absolute atomic E-state index is 0.101. The minimum atomic E-state index is -0.210. The Labute approximate surface area is 208 Å². The molecule has 1 aliphatic heterocycles. The Morgan fingerprint density at radius 2 is 1.56 bits per heavy atom. The lowest BCUT2D eigenvalue weighted by Gasteiger charge is -2.34. The van der Waals surface area contributed by atoms with Crippen molar-refractivity contribution >= 4 is 41.3 Å². The molecule has 0 unspecified atom stereocenters. The average molecular weight is 556 g/mol. The summed E-state index contributed by atoms with van der Waals surface area (Å²) in [6.45, 7) is 4.32. The quantitative estimate of drug-likeness (QED) is 0.333. The monoisotopic (exact) mass is 556 g/mol. The summed E-state index contributed by atoms with van der Waals surface area (Å²) in [6.07, 6.45) is -0.210. The first-order chi connectivity index (χ1) is 15.6. The van der Waals surface area contributed by atoms with Crippen LogP contribution in [0.2, 0.25) is 0 Å². The largest absolute Gasteiger partial charge is 0.448 e. The Morgan fingerprint density at radius 1 is 0.938 bits per heavy atom. The van der Waals surface area contributed by atoms with Gasteiger partial charge in [-0.3, -0.25) is 4.90 Å². The molecule has 32 heavy (non-hydrogen) atoms. The van der Waals surface area contributed by atoms with Crippen molar-refractivity contribution < 1.29 is 9.53 Å². The fourth-order valence-electron chi connectivity index (χ4n) is 4.76. The number of nitrogens with zero attached hydrogens (tertiary/aromatic N) is 2. The topological polar surface area (TPSA) is 32.8 Å². The number of carbonyl (C=O) groups excluding carboxylic acids is 1. The molecule has 5 rings (SSSR count). The van der Waals surface area contributed by atoms with E-state index in [4.69, 9.17) is 4.74 Å². The summed E-state index contributed by atoms with van der Waals surface area (Å²) >= 11 is 6.81. The number of hydrogen-bond donors (Lipinski definition) is 1. The van der Waals surface area contributed by atoms with Crippen molar-refractivity contribution in [3.63, 3.8) is 0 Å². The van der Waals surface area contributed by atoms with Crippen LogP contribution in [-0.4, -0.2) is 48.7 Å². The number of piperazine rings is 1. The van der Waals surface area contributed by atoms with Crippen molar-refractivity contribution in [2.45, 2.75) is 17.4 Å². The van der Waals surface area contributed by atoms with Crippen LogP contribution in [-0.2, 0) is 11.3 Å². The molecular weight excluding hydrogens is 531 g/mol. The Bertz CT molecular complexity index is 1080. The Morgan fingerprint density at radius 3 is 2.19 bits per heavy atom. The van der Waals surface area contributed by atoms with Gasteiger partial charge in [0.1, 0.15) is 6.61 Å². The molecule has 1 saturated heterocycles. The number of ether oxygens (including phenoxy) is 1. The predicted molar refractivity (Wildman–Crippen MR) is 138 cm³/mol. The fourth-order valence-corrected chi connectivity index (χ4v) is 6.04. The van der Waals surface area contributed by atoms with Gasteiger partial charge in [0.15, 0.2) is 0 Å². The fraction of sp³-hybridized carbons (Fsp3) is 0.269. The molecule has 0 bridgehead atoms. The molecule has 6 heteroatoms. The molecule has 1 heterocycles. The number of amides is 1. The van der Waals surface area contributed by atoms with E-state index in [1.165, 1.54) is 31.4 Å². The van der Waals surface area contributed by atoms with Crippen LogP contribution < -0.4 is 0 Å². The number of thiol groups is 1. The van der Waals surface area contributed by atoms with Crippen molar-refractivity contribution in [1.82, 2.24) is 9.80 Å². The maximum absolute atomic E-state index is 12.8. The molecule has 2 aliphatic rings. The lowest BCUT2D eigenvalue weighted by Crippen LogP contribution is -2.48. The number of carbonyl (C=O) groups is 1. The summed E-state index contributed by atoms with van der Waals surface area (Å²) in [5.41, 5.74) is 6.24. The Kier molecular flexibility index (Phi) is 6.44. The predicted octanol–water partition coefficient (Wildman–Crippen LogP) is 5.65. The van der Waals surface area contributed by atoms with Crippen LogP contribution in [0.5, 0.6) is 0 Å². The van der Waals surface area contributed by atoms with Gasteiger partial charge in [0.05, 0.1) is 0 Å². The smallest absolute Gasteiger partial charge is 0.409 e. The summed E-state index contributed by atoms with van der Waals surface area (Å²) in [5.74, 6) is 0.101. The van der Waals surface area contributed by atoms with Crippen LogP contribution in [0, 0.1) is 3.57 Å². The zero-order chi connectivity index (χ0) is 22.1. The van der Waals surface area contributed by atoms with E-state index in [1.807, 2.05) is 4.90 Å². The van der Waals surface area contributed by atoms with Crippen LogP contribution in [0.15, 0.2) is 71.6 Å². The first-order valence-electron chi connectivity index (χ1n) is 10.9. The lowest BCUT2D eigenvalue weighted by molar-refractivity contribution is 0.0728. The second-order valence-electron chi connectivity index (χ2n) is 8.38. The highest BCUT2D eigenvalue weighted by Gasteiger charge is 2.30. The number of fused-ring (bicyclic) bond motifs is 3. The van der Waals surface area contributed by atoms with Gasteiger partial charge in [-0.15, -0.1) is 12.6 Å². The molecule has 3 aromatic rings. The van der Waals surface area contributed by atoms with E-state index < -0.39 is 0 Å². The van der Waals surface area contributed by atoms with Gasteiger partial charge in [-0.2, -0.15) is 0 Å². The van der Waals surface area contributed by atoms with E-state index in [9.17, 15) is 4.79 Å². The lowest BCUT2D eigenvalue weighted by atomic mass is 9.98. The van der Waals surface area contributed by atoms with E-state index in [-0.39, 0.29) is 12.0 Å². The third kappa shape index (κ3) is 4.54. The molecular formula is C26H25IN2O2S. The molecule has 1 fully saturated rings. The standard InChI is InChI=1S/C26H25IN2O2S/c27-19-13-18(14-20(32)15-19)16-28-9-11-29(12-10-28)26(30)31-17-25-23-7-3-1-5-21(23)22-6-2-4-8-24(22)25/h1-8,13-15,25,32H,9-12,16-17H2. The normalized spacial score (nSPS) is 16.0. The molecule has 0 atom stereocenters. The summed E-state index contributed by atoms with van der Waals surface area (Å²) in [4.78, 5) is 18.0. The Balaban J connectivity index is 1.17. The van der Waals surface area contributed by atoms with Gasteiger partial charge in [0.2, 0.25) is 0 Å². The summed E-state index contributed by atoms with van der Waals surface area (Å²) in [6, 6.07) is 23.2. The molecule has 164 valence electrons. The van der Waals surface area contributed by atoms with E-state index in [0.29, 0.717) is 19.7 Å². The minimum Gasteiger partial charge on any atom is -0.448 e. The van der Waals surface area contributed by atoms with Gasteiger partial charge in [-0.05, 0) is 68.6 Å². The second kappa shape index (κ2) is 9.45. The average Bonchev–Trinajstić information content (AvgIpc) is 3.11. The highest BCUT2D eigenvalue weighted by atomic mass is 127. The van der Waals surface area contributed by atoms with Gasteiger partial charge < -0.3 is 9.64 Å². The van der Waals surface area contributed by atoms with E-state index in [0.717, 1.165) is 24.5 Å². The molecule has 0 spiro atoms. The molecule has 0 radical (unpaired) electrons. The molecule has 0 N–H and O–H groups in total. The SMILES string of the molecule is O=C(OCC1c2ccccc2-c2ccccc21)N1CCN(Cc2cc(S)cc(I)c2)CC1. The molecule has 3 aromatic carbocycles. The molecule has 0 aromatic heterocycles. The Hall–Kier alpha value is -2.03. The second-order valence-corrected chi connectivity index (χ2v) is 10.1. The first kappa shape index (κ1) is 21.8. The zero-order valence-corrected chi connectivity index (χ0v) is 20.8. The zero-order valence-electron chi connectivity index (χ0n) is 17.7. The van der Waals surface area contributed by atoms with Crippen molar-refractivity contribution in [2.75, 3.05) is 32.8 Å². The van der Waals surface area contributed by atoms with Crippen LogP contribution >= 0.6 is 35.2 Å². The number of rotatable bonds is 4. The highest BCUT2D eigenvalue weighted by molar-refractivity contribution is 14.1. The number of halogens is 1. The van der Waals surface area contributed by atoms with E-state index in [1.54, 1.807) is 0 Å². The third-order valence-corrected chi connectivity index (χ3v) is 7.20. The third-order valence-electron chi connectivity index (χ3n) is 6.32. The maximum Gasteiger partial charge on any atom is 0.409 e. The van der Waals surface area contributed by atoms with Gasteiger partial charge in [-0.1, -0.05) is 48.5 Å². The summed E-state index contributed by atoms with van der Waals surface area (Å²) in [7, 11) is 0. The van der Waals surface area contributed by atoms with Crippen molar-refractivity contribution in [2.24, 2.45) is 0 Å². The van der Waals surface area contributed by atoms with E-state index >= 15 is 0 Å². The molecule has 1 aliphatic carbocycles. The maximum atomic E-state index is 12.8. The first-order valence-corrected chi connectivity index (χ1v) is 12.4. The number of benzene rings is 3. The van der Waals surface area contributed by atoms with Crippen molar-refractivity contribution in [1.29, 1.82) is 0 Å². The van der Waals surface area contributed by atoms with Crippen LogP contribution in [0.1, 0.15) is 22.6 Å². The van der Waals surface area contributed by atoms with Gasteiger partial charge in [0, 0.05) is 47.1 Å². The van der Waals surface area contributed by atoms with Crippen LogP contribution in [0.3, 0.4) is 0 Å². The molecule has 4 nitrogen and oxygen atoms in total. The molecule has 0 saturated carbocycles. The van der Waals surface area contributed by atoms with E-state index in [2.05, 4.69) is 107 Å². The highest BCUT2D eigenvalue weighted by Crippen LogP contribution is 2.44. The van der Waals surface area contributed by atoms with Gasteiger partial charge >= 0.3 is 6.09 Å². The summed E-state index contributed by atoms with van der Waals surface area (Å²) in [5, 5.41) is 0. The van der Waals surface area contributed by atoms with Gasteiger partial charge in [-0.25, -0.2) is 4.79 Å². The number of hydrogen-bond acceptors (Lipinski definition) is 4. The van der Waals surface area contributed by atoms with Crippen LogP contribution in [0.4, 0.5) is 4.79 Å². The summed E-state index contributed by atoms with van der Waals surface area (Å²) < 4.78 is 7.02. The molecule has 1 amide bonds. The van der Waals surface area contributed by atoms with Gasteiger partial charge in [0.25, 0.3) is 0 Å². The van der Waals surface area contributed by atoms with Crippen LogP contribution in [0.25, 0.3) is 11.1 Å². The van der Waals surface area contributed by atoms with Crippen molar-refractivity contribution in [3.8, 4) is 11.1 Å².